The van der Waals surface area contributed by atoms with Crippen molar-refractivity contribution in [2.45, 2.75) is 6.61 Å². The molecule has 0 radical (unpaired) electrons. The fourth-order valence-electron chi connectivity index (χ4n) is 2.92. The van der Waals surface area contributed by atoms with Crippen LogP contribution in [0.1, 0.15) is 5.56 Å². The number of pyridine rings is 1. The Morgan fingerprint density at radius 2 is 2.00 bits per heavy atom. The molecule has 9 heteroatoms. The number of alkyl halides is 1. The van der Waals surface area contributed by atoms with E-state index >= 15 is 0 Å². The van der Waals surface area contributed by atoms with Gasteiger partial charge in [-0.2, -0.15) is 0 Å². The summed E-state index contributed by atoms with van der Waals surface area (Å²) in [4.78, 5) is 4.21. The molecule has 30 heavy (non-hydrogen) atoms. The van der Waals surface area contributed by atoms with Crippen molar-refractivity contribution in [3.63, 3.8) is 0 Å². The molecule has 2 aromatic carbocycles. The van der Waals surface area contributed by atoms with Gasteiger partial charge < -0.3 is 14.8 Å². The average molecular weight is 447 g/mol. The van der Waals surface area contributed by atoms with Crippen molar-refractivity contribution in [2.75, 3.05) is 17.8 Å². The van der Waals surface area contributed by atoms with Crippen LogP contribution in [0.2, 0.25) is 5.02 Å². The minimum Gasteiger partial charge on any atom is -0.487 e. The predicted octanol–water partition coefficient (Wildman–Crippen LogP) is 5.69. The zero-order valence-corrected chi connectivity index (χ0v) is 17.2. The lowest BCUT2D eigenvalue weighted by Gasteiger charge is -2.12. The first-order valence-corrected chi connectivity index (χ1v) is 10.00. The van der Waals surface area contributed by atoms with Gasteiger partial charge in [-0.15, -0.1) is 16.7 Å². The first-order chi connectivity index (χ1) is 14.6. The van der Waals surface area contributed by atoms with Crippen LogP contribution in [0.5, 0.6) is 11.6 Å². The fraction of sp³-hybridized carbons (Fsp3) is 0.143. The summed E-state index contributed by atoms with van der Waals surface area (Å²) in [5.74, 6) is 0.988. The number of nitrogens with one attached hydrogen (secondary N) is 2. The van der Waals surface area contributed by atoms with Gasteiger partial charge in [-0.25, -0.2) is 4.39 Å². The average Bonchev–Trinajstić information content (AvgIpc) is 3.16. The molecule has 2 heterocycles. The van der Waals surface area contributed by atoms with Crippen molar-refractivity contribution in [1.29, 1.82) is 0 Å². The van der Waals surface area contributed by atoms with Gasteiger partial charge in [-0.3, -0.25) is 10.1 Å². The molecule has 0 saturated heterocycles. The summed E-state index contributed by atoms with van der Waals surface area (Å²) < 4.78 is 24.6. The highest BCUT2D eigenvalue weighted by Crippen LogP contribution is 2.34. The van der Waals surface area contributed by atoms with Crippen molar-refractivity contribution in [1.82, 2.24) is 15.2 Å². The SMILES string of the molecule is Fc1cccc(COc2ccc(Nc3cncc4[nH]nc(OCCCl)c34)cc2Cl)c1. The van der Waals surface area contributed by atoms with Gasteiger partial charge in [0.15, 0.2) is 0 Å². The van der Waals surface area contributed by atoms with E-state index < -0.39 is 0 Å². The molecular weight excluding hydrogens is 430 g/mol. The maximum absolute atomic E-state index is 13.3. The Hall–Kier alpha value is -3.03. The molecule has 0 fully saturated rings. The van der Waals surface area contributed by atoms with E-state index in [1.54, 1.807) is 36.7 Å². The van der Waals surface area contributed by atoms with Crippen molar-refractivity contribution < 1.29 is 13.9 Å². The Labute approximate surface area is 181 Å². The van der Waals surface area contributed by atoms with Gasteiger partial charge in [0.2, 0.25) is 5.88 Å². The number of ether oxygens (including phenoxy) is 2. The zero-order valence-electron chi connectivity index (χ0n) is 15.7. The molecule has 0 aliphatic rings. The molecule has 0 saturated carbocycles. The van der Waals surface area contributed by atoms with E-state index in [0.29, 0.717) is 34.8 Å². The second kappa shape index (κ2) is 9.19. The normalized spacial score (nSPS) is 10.9. The van der Waals surface area contributed by atoms with Crippen LogP contribution in [0.25, 0.3) is 10.9 Å². The summed E-state index contributed by atoms with van der Waals surface area (Å²) in [7, 11) is 0. The molecule has 2 aromatic heterocycles. The summed E-state index contributed by atoms with van der Waals surface area (Å²) in [6.07, 6.45) is 3.34. The highest BCUT2D eigenvalue weighted by Gasteiger charge is 2.13. The van der Waals surface area contributed by atoms with Crippen molar-refractivity contribution >= 4 is 45.5 Å². The molecule has 0 bridgehead atoms. The van der Waals surface area contributed by atoms with Crippen molar-refractivity contribution in [2.24, 2.45) is 0 Å². The van der Waals surface area contributed by atoms with Crippen LogP contribution in [0, 0.1) is 5.82 Å². The minimum absolute atomic E-state index is 0.212. The molecule has 0 unspecified atom stereocenters. The Balaban J connectivity index is 1.52. The number of halogens is 3. The highest BCUT2D eigenvalue weighted by molar-refractivity contribution is 6.32. The summed E-state index contributed by atoms with van der Waals surface area (Å²) in [6.45, 7) is 0.552. The Morgan fingerprint density at radius 3 is 2.80 bits per heavy atom. The first kappa shape index (κ1) is 20.3. The van der Waals surface area contributed by atoms with Crippen LogP contribution < -0.4 is 14.8 Å². The number of hydrogen-bond acceptors (Lipinski definition) is 5. The van der Waals surface area contributed by atoms with E-state index in [1.807, 2.05) is 6.07 Å². The summed E-state index contributed by atoms with van der Waals surface area (Å²) in [5.41, 5.74) is 2.88. The van der Waals surface area contributed by atoms with Gasteiger partial charge in [0.1, 0.15) is 24.8 Å². The van der Waals surface area contributed by atoms with Crippen molar-refractivity contribution in [3.05, 3.63) is 71.3 Å². The minimum atomic E-state index is -0.307. The molecule has 154 valence electrons. The fourth-order valence-corrected chi connectivity index (χ4v) is 3.23. The number of aromatic nitrogens is 3. The van der Waals surface area contributed by atoms with E-state index in [-0.39, 0.29) is 12.4 Å². The molecule has 0 aliphatic heterocycles. The second-order valence-electron chi connectivity index (χ2n) is 6.36. The first-order valence-electron chi connectivity index (χ1n) is 9.08. The Kier molecular flexibility index (Phi) is 6.21. The third-order valence-corrected chi connectivity index (χ3v) is 4.70. The number of nitrogens with zero attached hydrogens (tertiary/aromatic N) is 2. The quantitative estimate of drug-likeness (QED) is 0.340. The standard InChI is InChI=1S/C21H17Cl2FN4O2/c22-6-7-29-21-20-17(10-25-11-18(20)27-28-21)26-15-4-5-19(16(23)9-15)30-12-13-2-1-3-14(24)8-13/h1-5,8-11,26H,6-7,12H2,(H,27,28). The predicted molar refractivity (Wildman–Crippen MR) is 116 cm³/mol. The van der Waals surface area contributed by atoms with Crippen LogP contribution >= 0.6 is 23.2 Å². The van der Waals surface area contributed by atoms with E-state index in [0.717, 1.165) is 22.2 Å². The monoisotopic (exact) mass is 446 g/mol. The molecule has 0 atom stereocenters. The third-order valence-electron chi connectivity index (χ3n) is 4.25. The van der Waals surface area contributed by atoms with Crippen LogP contribution in [-0.2, 0) is 6.61 Å². The Bertz CT molecular complexity index is 1170. The maximum atomic E-state index is 13.3. The zero-order chi connectivity index (χ0) is 20.9. The smallest absolute Gasteiger partial charge is 0.242 e. The maximum Gasteiger partial charge on any atom is 0.242 e. The third kappa shape index (κ3) is 4.58. The van der Waals surface area contributed by atoms with Crippen LogP contribution in [0.4, 0.5) is 15.8 Å². The molecule has 0 aliphatic carbocycles. The molecule has 4 rings (SSSR count). The molecule has 0 amide bonds. The molecule has 2 N–H and O–H groups in total. The lowest BCUT2D eigenvalue weighted by Crippen LogP contribution is -2.00. The number of benzene rings is 2. The van der Waals surface area contributed by atoms with Crippen LogP contribution in [0.3, 0.4) is 0 Å². The number of fused-ring (bicyclic) bond motifs is 1. The number of H-pyrrole nitrogens is 1. The second-order valence-corrected chi connectivity index (χ2v) is 7.15. The molecule has 4 aromatic rings. The number of anilines is 2. The van der Waals surface area contributed by atoms with E-state index in [1.165, 1.54) is 12.1 Å². The summed E-state index contributed by atoms with van der Waals surface area (Å²) in [6, 6.07) is 11.5. The van der Waals surface area contributed by atoms with Gasteiger partial charge in [0.05, 0.1) is 39.9 Å². The Morgan fingerprint density at radius 1 is 1.10 bits per heavy atom. The molecular formula is C21H17Cl2FN4O2. The van der Waals surface area contributed by atoms with Gasteiger partial charge in [-0.05, 0) is 35.9 Å². The lowest BCUT2D eigenvalue weighted by molar-refractivity contribution is 0.306. The lowest BCUT2D eigenvalue weighted by atomic mass is 10.2. The van der Waals surface area contributed by atoms with Crippen molar-refractivity contribution in [3.8, 4) is 11.6 Å². The number of rotatable bonds is 8. The van der Waals surface area contributed by atoms with E-state index in [2.05, 4.69) is 20.5 Å². The van der Waals surface area contributed by atoms with E-state index in [9.17, 15) is 4.39 Å². The van der Waals surface area contributed by atoms with Gasteiger partial charge >= 0.3 is 0 Å². The molecule has 0 spiro atoms. The molecule has 6 nitrogen and oxygen atoms in total. The van der Waals surface area contributed by atoms with Gasteiger partial charge in [-0.1, -0.05) is 23.7 Å². The number of hydrogen-bond donors (Lipinski definition) is 2. The largest absolute Gasteiger partial charge is 0.487 e. The topological polar surface area (TPSA) is 72.1 Å². The van der Waals surface area contributed by atoms with Crippen LogP contribution in [-0.4, -0.2) is 27.7 Å². The number of aromatic amines is 1. The summed E-state index contributed by atoms with van der Waals surface area (Å²) in [5, 5.41) is 11.5. The van der Waals surface area contributed by atoms with Gasteiger partial charge in [0.25, 0.3) is 0 Å². The summed E-state index contributed by atoms with van der Waals surface area (Å²) >= 11 is 12.1. The van der Waals surface area contributed by atoms with E-state index in [4.69, 9.17) is 32.7 Å². The van der Waals surface area contributed by atoms with Crippen LogP contribution in [0.15, 0.2) is 54.9 Å². The van der Waals surface area contributed by atoms with Gasteiger partial charge in [0, 0.05) is 5.69 Å². The highest BCUT2D eigenvalue weighted by atomic mass is 35.5.